The minimum absolute atomic E-state index is 0.301. The van der Waals surface area contributed by atoms with Gasteiger partial charge in [0, 0.05) is 21.9 Å². The minimum atomic E-state index is -0.301. The lowest BCUT2D eigenvalue weighted by molar-refractivity contribution is 0.101. The predicted octanol–water partition coefficient (Wildman–Crippen LogP) is 9.24. The lowest BCUT2D eigenvalue weighted by Gasteiger charge is -2.15. The lowest BCUT2D eigenvalue weighted by atomic mass is 10.0. The van der Waals surface area contributed by atoms with E-state index in [2.05, 4.69) is 10.6 Å². The number of carbonyl (C=O) groups is 2. The fraction of sp³-hybridized carbons (Fsp3) is 0.0500. The molecule has 2 N–H and O–H groups in total. The van der Waals surface area contributed by atoms with Crippen LogP contribution in [0.5, 0.6) is 0 Å². The monoisotopic (exact) mass is 598 g/mol. The first-order chi connectivity index (χ1) is 22.4. The maximum Gasteiger partial charge on any atom is 0.256 e. The first kappa shape index (κ1) is 28.6. The van der Waals surface area contributed by atoms with Crippen LogP contribution in [0.15, 0.2) is 133 Å². The molecule has 0 aliphatic carbocycles. The first-order valence-electron chi connectivity index (χ1n) is 15.1. The summed E-state index contributed by atoms with van der Waals surface area (Å²) in [6, 6.07) is 42.2. The largest absolute Gasteiger partial charge is 0.320 e. The highest BCUT2D eigenvalue weighted by Crippen LogP contribution is 2.30. The van der Waals surface area contributed by atoms with Crippen LogP contribution in [0.3, 0.4) is 0 Å². The van der Waals surface area contributed by atoms with Crippen molar-refractivity contribution in [2.24, 2.45) is 0 Å². The number of fused-ring (bicyclic) bond motifs is 2. The maximum atomic E-state index is 13.9. The van der Waals surface area contributed by atoms with Crippen molar-refractivity contribution in [1.82, 2.24) is 9.97 Å². The molecule has 0 saturated carbocycles. The van der Waals surface area contributed by atoms with E-state index in [0.29, 0.717) is 33.9 Å². The van der Waals surface area contributed by atoms with Crippen molar-refractivity contribution in [2.75, 3.05) is 10.6 Å². The van der Waals surface area contributed by atoms with Crippen molar-refractivity contribution in [3.63, 3.8) is 0 Å². The summed E-state index contributed by atoms with van der Waals surface area (Å²) in [5.74, 6) is -0.602. The Kier molecular flexibility index (Phi) is 7.53. The van der Waals surface area contributed by atoms with E-state index in [1.165, 1.54) is 0 Å². The van der Waals surface area contributed by atoms with Gasteiger partial charge in [0.15, 0.2) is 0 Å². The molecule has 2 heterocycles. The summed E-state index contributed by atoms with van der Waals surface area (Å²) >= 11 is 0. The second-order valence-corrected chi connectivity index (χ2v) is 11.3. The molecule has 2 aromatic heterocycles. The van der Waals surface area contributed by atoms with Crippen LogP contribution in [0.25, 0.3) is 44.3 Å². The number of anilines is 2. The fourth-order valence-corrected chi connectivity index (χ4v) is 5.55. The zero-order valence-electron chi connectivity index (χ0n) is 25.4. The van der Waals surface area contributed by atoms with E-state index in [-0.39, 0.29) is 11.8 Å². The highest BCUT2D eigenvalue weighted by atomic mass is 16.2. The molecule has 6 heteroatoms. The number of rotatable bonds is 6. The summed E-state index contributed by atoms with van der Waals surface area (Å²) < 4.78 is 0. The van der Waals surface area contributed by atoms with Gasteiger partial charge in [0.05, 0.1) is 44.9 Å². The first-order valence-corrected chi connectivity index (χ1v) is 15.1. The summed E-state index contributed by atoms with van der Waals surface area (Å²) in [6.07, 6.45) is 0. The van der Waals surface area contributed by atoms with E-state index >= 15 is 0 Å². The number of hydrogen-bond acceptors (Lipinski definition) is 4. The predicted molar refractivity (Wildman–Crippen MR) is 186 cm³/mol. The number of nitrogens with zero attached hydrogens (tertiary/aromatic N) is 2. The number of benzene rings is 5. The van der Waals surface area contributed by atoms with Gasteiger partial charge in [-0.1, -0.05) is 108 Å². The zero-order chi connectivity index (χ0) is 31.6. The molecule has 0 fully saturated rings. The van der Waals surface area contributed by atoms with Crippen molar-refractivity contribution in [2.45, 2.75) is 13.8 Å². The quantitative estimate of drug-likeness (QED) is 0.200. The van der Waals surface area contributed by atoms with Crippen LogP contribution >= 0.6 is 0 Å². The SMILES string of the molecule is Cc1ccc(-c2cc(C(=O)Nc3ccccc3NC(=O)c3cc(-c4ccc(C)cc4)nc4ccccc34)c3ccccc3n2)cc1. The van der Waals surface area contributed by atoms with Gasteiger partial charge >= 0.3 is 0 Å². The molecular weight excluding hydrogens is 568 g/mol. The van der Waals surface area contributed by atoms with E-state index in [1.54, 1.807) is 12.1 Å². The Morgan fingerprint density at radius 1 is 0.478 bits per heavy atom. The number of pyridine rings is 2. The average Bonchev–Trinajstić information content (AvgIpc) is 3.08. The van der Waals surface area contributed by atoms with Gasteiger partial charge in [-0.05, 0) is 50.2 Å². The van der Waals surface area contributed by atoms with Gasteiger partial charge in [-0.3, -0.25) is 9.59 Å². The van der Waals surface area contributed by atoms with Gasteiger partial charge in [-0.2, -0.15) is 0 Å². The molecule has 0 aliphatic heterocycles. The van der Waals surface area contributed by atoms with Crippen LogP contribution in [0.4, 0.5) is 11.4 Å². The number of para-hydroxylation sites is 4. The smallest absolute Gasteiger partial charge is 0.256 e. The van der Waals surface area contributed by atoms with Crippen molar-refractivity contribution in [3.05, 3.63) is 156 Å². The maximum absolute atomic E-state index is 13.9. The third-order valence-electron chi connectivity index (χ3n) is 8.04. The molecule has 222 valence electrons. The second-order valence-electron chi connectivity index (χ2n) is 11.3. The minimum Gasteiger partial charge on any atom is -0.320 e. The van der Waals surface area contributed by atoms with Crippen molar-refractivity contribution in [3.8, 4) is 22.5 Å². The summed E-state index contributed by atoms with van der Waals surface area (Å²) in [5.41, 5.74) is 8.95. The zero-order valence-corrected chi connectivity index (χ0v) is 25.4. The van der Waals surface area contributed by atoms with Gasteiger partial charge in [0.1, 0.15) is 0 Å². The van der Waals surface area contributed by atoms with E-state index in [1.807, 2.05) is 135 Å². The Bertz CT molecular complexity index is 2100. The molecule has 0 atom stereocenters. The molecule has 0 bridgehead atoms. The Labute approximate surface area is 266 Å². The van der Waals surface area contributed by atoms with Gasteiger partial charge in [0.25, 0.3) is 11.8 Å². The summed E-state index contributed by atoms with van der Waals surface area (Å²) in [4.78, 5) is 37.5. The van der Waals surface area contributed by atoms with Crippen LogP contribution < -0.4 is 10.6 Å². The molecule has 0 unspecified atom stereocenters. The molecule has 46 heavy (non-hydrogen) atoms. The van der Waals surface area contributed by atoms with Crippen LogP contribution in [-0.2, 0) is 0 Å². The van der Waals surface area contributed by atoms with Gasteiger partial charge in [-0.15, -0.1) is 0 Å². The normalized spacial score (nSPS) is 11.0. The number of aromatic nitrogens is 2. The van der Waals surface area contributed by atoms with Crippen LogP contribution in [0.1, 0.15) is 31.8 Å². The summed E-state index contributed by atoms with van der Waals surface area (Å²) in [6.45, 7) is 4.07. The van der Waals surface area contributed by atoms with Crippen molar-refractivity contribution < 1.29 is 9.59 Å². The summed E-state index contributed by atoms with van der Waals surface area (Å²) in [7, 11) is 0. The van der Waals surface area contributed by atoms with E-state index in [9.17, 15) is 9.59 Å². The molecule has 0 saturated heterocycles. The third kappa shape index (κ3) is 5.72. The van der Waals surface area contributed by atoms with Crippen molar-refractivity contribution in [1.29, 1.82) is 0 Å². The van der Waals surface area contributed by atoms with E-state index < -0.39 is 0 Å². The molecule has 6 nitrogen and oxygen atoms in total. The molecular formula is C40H30N4O2. The number of amides is 2. The van der Waals surface area contributed by atoms with Gasteiger partial charge in [-0.25, -0.2) is 9.97 Å². The van der Waals surface area contributed by atoms with Gasteiger partial charge < -0.3 is 10.6 Å². The molecule has 0 radical (unpaired) electrons. The molecule has 2 amide bonds. The topological polar surface area (TPSA) is 84.0 Å². The van der Waals surface area contributed by atoms with Gasteiger partial charge in [0.2, 0.25) is 0 Å². The van der Waals surface area contributed by atoms with Crippen LogP contribution in [-0.4, -0.2) is 21.8 Å². The highest BCUT2D eigenvalue weighted by Gasteiger charge is 2.18. The summed E-state index contributed by atoms with van der Waals surface area (Å²) in [5, 5.41) is 7.58. The number of aryl methyl sites for hydroxylation is 2. The molecule has 5 aromatic carbocycles. The van der Waals surface area contributed by atoms with Crippen LogP contribution in [0.2, 0.25) is 0 Å². The molecule has 7 aromatic rings. The Morgan fingerprint density at radius 3 is 1.26 bits per heavy atom. The van der Waals surface area contributed by atoms with E-state index in [4.69, 9.17) is 9.97 Å². The Balaban J connectivity index is 1.22. The lowest BCUT2D eigenvalue weighted by Crippen LogP contribution is -2.17. The standard InChI is InChI=1S/C40H30N4O2/c1-25-15-19-27(20-16-25)37-23-31(29-9-3-5-11-33(29)41-37)39(45)43-35-13-7-8-14-36(35)44-40(46)32-24-38(28-21-17-26(2)18-22-28)42-34-12-6-4-10-30(32)34/h3-24H,1-2H3,(H,43,45)(H,44,46). The molecule has 0 spiro atoms. The second kappa shape index (κ2) is 12.1. The van der Waals surface area contributed by atoms with E-state index in [0.717, 1.165) is 44.1 Å². The fourth-order valence-electron chi connectivity index (χ4n) is 5.55. The molecule has 0 aliphatic rings. The third-order valence-corrected chi connectivity index (χ3v) is 8.04. The average molecular weight is 599 g/mol. The number of hydrogen-bond donors (Lipinski definition) is 2. The van der Waals surface area contributed by atoms with Crippen molar-refractivity contribution >= 4 is 45.0 Å². The highest BCUT2D eigenvalue weighted by molar-refractivity contribution is 6.17. The number of nitrogens with one attached hydrogen (secondary N) is 2. The Hall–Kier alpha value is -6.14. The molecule has 7 rings (SSSR count). The Morgan fingerprint density at radius 2 is 0.848 bits per heavy atom. The van der Waals surface area contributed by atoms with Crippen LogP contribution in [0, 0.1) is 13.8 Å². The number of carbonyl (C=O) groups excluding carboxylic acids is 2.